The zero-order valence-corrected chi connectivity index (χ0v) is 11.0. The molecular weight excluding hydrogens is 252 g/mol. The van der Waals surface area contributed by atoms with Gasteiger partial charge in [0, 0.05) is 32.5 Å². The Kier molecular flexibility index (Phi) is 5.80. The quantitative estimate of drug-likeness (QED) is 0.726. The van der Waals surface area contributed by atoms with Gasteiger partial charge in [0.15, 0.2) is 0 Å². The van der Waals surface area contributed by atoms with E-state index in [4.69, 9.17) is 9.84 Å². The van der Waals surface area contributed by atoms with Crippen molar-refractivity contribution in [2.24, 2.45) is 0 Å². The number of ether oxygens (including phenoxy) is 1. The molecule has 1 aromatic heterocycles. The van der Waals surface area contributed by atoms with E-state index in [1.54, 1.807) is 19.4 Å². The molecule has 0 aliphatic heterocycles. The maximum absolute atomic E-state index is 12.1. The van der Waals surface area contributed by atoms with Crippen molar-refractivity contribution < 1.29 is 19.4 Å². The van der Waals surface area contributed by atoms with Crippen LogP contribution < -0.4 is 0 Å². The van der Waals surface area contributed by atoms with Gasteiger partial charge in [0.05, 0.1) is 19.3 Å². The van der Waals surface area contributed by atoms with Crippen LogP contribution in [0.15, 0.2) is 12.4 Å². The van der Waals surface area contributed by atoms with Crippen LogP contribution >= 0.6 is 0 Å². The van der Waals surface area contributed by atoms with Crippen molar-refractivity contribution in [2.45, 2.75) is 6.54 Å². The minimum atomic E-state index is -1.05. The van der Waals surface area contributed by atoms with Crippen LogP contribution in [-0.4, -0.2) is 71.0 Å². The number of nitrogens with zero attached hydrogens (tertiary/aromatic N) is 3. The van der Waals surface area contributed by atoms with Gasteiger partial charge in [-0.2, -0.15) is 5.10 Å². The van der Waals surface area contributed by atoms with E-state index in [1.807, 2.05) is 0 Å². The third-order valence-electron chi connectivity index (χ3n) is 2.46. The van der Waals surface area contributed by atoms with Crippen LogP contribution in [0.25, 0.3) is 0 Å². The number of carboxylic acid groups (broad SMARTS) is 1. The molecular formula is C11H18N4O4. The topological polar surface area (TPSA) is 98.8 Å². The van der Waals surface area contributed by atoms with Crippen LogP contribution in [0.3, 0.4) is 0 Å². The van der Waals surface area contributed by atoms with E-state index in [1.165, 1.54) is 16.9 Å². The number of aromatic amines is 1. The van der Waals surface area contributed by atoms with Gasteiger partial charge < -0.3 is 19.6 Å². The lowest BCUT2D eigenvalue weighted by molar-refractivity contribution is -0.137. The highest BCUT2D eigenvalue weighted by molar-refractivity contribution is 5.80. The van der Waals surface area contributed by atoms with Gasteiger partial charge in [-0.05, 0) is 0 Å². The molecule has 8 nitrogen and oxygen atoms in total. The van der Waals surface area contributed by atoms with E-state index in [0.29, 0.717) is 13.2 Å². The molecule has 106 valence electrons. The SMILES string of the molecule is COCCN(CC(=O)O)C(=O)N(C)Cc1cn[nH]c1. The minimum Gasteiger partial charge on any atom is -0.480 e. The Morgan fingerprint density at radius 3 is 2.79 bits per heavy atom. The number of aromatic nitrogens is 2. The van der Waals surface area contributed by atoms with Crippen molar-refractivity contribution in [3.8, 4) is 0 Å². The normalized spacial score (nSPS) is 10.2. The summed E-state index contributed by atoms with van der Waals surface area (Å²) in [5.74, 6) is -1.05. The summed E-state index contributed by atoms with van der Waals surface area (Å²) in [7, 11) is 3.11. The Bertz CT molecular complexity index is 407. The number of methoxy groups -OCH3 is 1. The summed E-state index contributed by atoms with van der Waals surface area (Å²) in [6.07, 6.45) is 3.29. The van der Waals surface area contributed by atoms with Gasteiger partial charge in [0.1, 0.15) is 6.54 Å². The van der Waals surface area contributed by atoms with Crippen LogP contribution in [0.1, 0.15) is 5.56 Å². The van der Waals surface area contributed by atoms with Crippen LogP contribution in [0.5, 0.6) is 0 Å². The fourth-order valence-corrected chi connectivity index (χ4v) is 1.55. The Hall–Kier alpha value is -2.09. The lowest BCUT2D eigenvalue weighted by atomic mass is 10.3. The summed E-state index contributed by atoms with van der Waals surface area (Å²) in [4.78, 5) is 25.5. The molecule has 0 aliphatic carbocycles. The van der Waals surface area contributed by atoms with E-state index >= 15 is 0 Å². The molecule has 0 atom stereocenters. The molecule has 1 aromatic rings. The number of aliphatic carboxylic acids is 1. The lowest BCUT2D eigenvalue weighted by Crippen LogP contribution is -2.44. The van der Waals surface area contributed by atoms with Crippen LogP contribution in [0, 0.1) is 0 Å². The van der Waals surface area contributed by atoms with Crippen LogP contribution in [0.4, 0.5) is 4.79 Å². The number of H-pyrrole nitrogens is 1. The average Bonchev–Trinajstić information content (AvgIpc) is 2.85. The molecule has 2 amide bonds. The first-order chi connectivity index (χ1) is 9.04. The van der Waals surface area contributed by atoms with Crippen molar-refractivity contribution >= 4 is 12.0 Å². The molecule has 0 fully saturated rings. The molecule has 0 saturated heterocycles. The lowest BCUT2D eigenvalue weighted by Gasteiger charge is -2.26. The zero-order chi connectivity index (χ0) is 14.3. The van der Waals surface area contributed by atoms with E-state index in [0.717, 1.165) is 5.56 Å². The maximum atomic E-state index is 12.1. The molecule has 19 heavy (non-hydrogen) atoms. The molecule has 0 spiro atoms. The first-order valence-electron chi connectivity index (χ1n) is 5.73. The number of nitrogens with one attached hydrogen (secondary N) is 1. The molecule has 0 aromatic carbocycles. The van der Waals surface area contributed by atoms with E-state index in [-0.39, 0.29) is 19.1 Å². The number of carbonyl (C=O) groups excluding carboxylic acids is 1. The summed E-state index contributed by atoms with van der Waals surface area (Å²) in [6.45, 7) is 0.534. The summed E-state index contributed by atoms with van der Waals surface area (Å²) in [6, 6.07) is -0.361. The van der Waals surface area contributed by atoms with Crippen molar-refractivity contribution in [1.29, 1.82) is 0 Å². The number of hydrogen-bond donors (Lipinski definition) is 2. The van der Waals surface area contributed by atoms with Gasteiger partial charge in [0.25, 0.3) is 0 Å². The Morgan fingerprint density at radius 1 is 1.53 bits per heavy atom. The third kappa shape index (κ3) is 4.96. The first kappa shape index (κ1) is 15.0. The highest BCUT2D eigenvalue weighted by Gasteiger charge is 2.20. The number of rotatable bonds is 7. The summed E-state index contributed by atoms with van der Waals surface area (Å²) in [5.41, 5.74) is 0.845. The number of urea groups is 1. The van der Waals surface area contributed by atoms with Crippen molar-refractivity contribution in [2.75, 3.05) is 33.9 Å². The maximum Gasteiger partial charge on any atom is 0.323 e. The highest BCUT2D eigenvalue weighted by Crippen LogP contribution is 2.04. The summed E-state index contributed by atoms with van der Waals surface area (Å²) >= 11 is 0. The molecule has 0 unspecified atom stereocenters. The number of carboxylic acids is 1. The molecule has 0 saturated carbocycles. The fourth-order valence-electron chi connectivity index (χ4n) is 1.55. The second-order valence-electron chi connectivity index (χ2n) is 4.05. The van der Waals surface area contributed by atoms with Crippen molar-refractivity contribution in [3.63, 3.8) is 0 Å². The van der Waals surface area contributed by atoms with Gasteiger partial charge in [-0.1, -0.05) is 0 Å². The third-order valence-corrected chi connectivity index (χ3v) is 2.46. The number of carbonyl (C=O) groups is 2. The molecule has 0 bridgehead atoms. The van der Waals surface area contributed by atoms with Crippen LogP contribution in [0.2, 0.25) is 0 Å². The van der Waals surface area contributed by atoms with Gasteiger partial charge in [-0.3, -0.25) is 9.89 Å². The predicted octanol–water partition coefficient (Wildman–Crippen LogP) is -0.00550. The highest BCUT2D eigenvalue weighted by atomic mass is 16.5. The minimum absolute atomic E-state index is 0.233. The smallest absolute Gasteiger partial charge is 0.323 e. The average molecular weight is 270 g/mol. The predicted molar refractivity (Wildman–Crippen MR) is 66.5 cm³/mol. The van der Waals surface area contributed by atoms with E-state index < -0.39 is 5.97 Å². The molecule has 8 heteroatoms. The Morgan fingerprint density at radius 2 is 2.26 bits per heavy atom. The monoisotopic (exact) mass is 270 g/mol. The van der Waals surface area contributed by atoms with Crippen molar-refractivity contribution in [1.82, 2.24) is 20.0 Å². The molecule has 1 heterocycles. The second-order valence-corrected chi connectivity index (χ2v) is 4.05. The number of amides is 2. The second kappa shape index (κ2) is 7.37. The Balaban J connectivity index is 2.60. The largest absolute Gasteiger partial charge is 0.480 e. The standard InChI is InChI=1S/C11H18N4O4/c1-14(7-9-5-12-13-6-9)11(18)15(3-4-19-2)8-10(16)17/h5-6H,3-4,7-8H2,1-2H3,(H,12,13)(H,16,17). The van der Waals surface area contributed by atoms with E-state index in [2.05, 4.69) is 10.2 Å². The fraction of sp³-hybridized carbons (Fsp3) is 0.545. The first-order valence-corrected chi connectivity index (χ1v) is 5.73. The Labute approximate surface area is 110 Å². The van der Waals surface area contributed by atoms with Gasteiger partial charge in [-0.15, -0.1) is 0 Å². The summed E-state index contributed by atoms with van der Waals surface area (Å²) < 4.78 is 4.87. The zero-order valence-electron chi connectivity index (χ0n) is 11.0. The van der Waals surface area contributed by atoms with Gasteiger partial charge >= 0.3 is 12.0 Å². The summed E-state index contributed by atoms with van der Waals surface area (Å²) in [5, 5.41) is 15.2. The number of hydrogen-bond acceptors (Lipinski definition) is 4. The van der Waals surface area contributed by atoms with E-state index in [9.17, 15) is 9.59 Å². The van der Waals surface area contributed by atoms with Crippen molar-refractivity contribution in [3.05, 3.63) is 18.0 Å². The van der Waals surface area contributed by atoms with Gasteiger partial charge in [-0.25, -0.2) is 4.79 Å². The molecule has 1 rings (SSSR count). The molecule has 0 aliphatic rings. The molecule has 2 N–H and O–H groups in total. The molecule has 0 radical (unpaired) electrons. The van der Waals surface area contributed by atoms with Crippen LogP contribution in [-0.2, 0) is 16.1 Å². The van der Waals surface area contributed by atoms with Gasteiger partial charge in [0.2, 0.25) is 0 Å².